The van der Waals surface area contributed by atoms with Crippen LogP contribution in [0.1, 0.15) is 30.9 Å². The van der Waals surface area contributed by atoms with Crippen molar-refractivity contribution in [1.82, 2.24) is 15.6 Å². The molecule has 1 atom stereocenters. The Morgan fingerprint density at radius 2 is 1.71 bits per heavy atom. The molecule has 182 valence electrons. The molecule has 0 bridgehead atoms. The highest BCUT2D eigenvalue weighted by molar-refractivity contribution is 14.0. The van der Waals surface area contributed by atoms with E-state index in [-0.39, 0.29) is 36.5 Å². The number of aliphatic hydroxyl groups excluding tert-OH is 1. The fourth-order valence-corrected chi connectivity index (χ4v) is 3.23. The topological polar surface area (TPSA) is 88.0 Å². The van der Waals surface area contributed by atoms with Crippen LogP contribution in [0, 0.1) is 0 Å². The number of nitrogens with one attached hydrogen (secondary N) is 2. The van der Waals surface area contributed by atoms with E-state index in [4.69, 9.17) is 9.47 Å². The zero-order valence-corrected chi connectivity index (χ0v) is 21.9. The molecule has 0 aliphatic rings. The Balaban J connectivity index is 0.00000408. The lowest BCUT2D eigenvalue weighted by Crippen LogP contribution is -2.39. The maximum atomic E-state index is 9.78. The molecule has 7 nitrogen and oxygen atoms in total. The number of guanidine groups is 1. The second kappa shape index (κ2) is 15.1. The van der Waals surface area contributed by atoms with Crippen molar-refractivity contribution in [1.29, 1.82) is 0 Å². The molecule has 8 heteroatoms. The molecule has 0 fully saturated rings. The van der Waals surface area contributed by atoms with E-state index in [1.807, 2.05) is 80.6 Å². The van der Waals surface area contributed by atoms with Gasteiger partial charge in [-0.15, -0.1) is 24.0 Å². The van der Waals surface area contributed by atoms with Gasteiger partial charge in [-0.2, -0.15) is 0 Å². The number of para-hydroxylation sites is 2. The van der Waals surface area contributed by atoms with Gasteiger partial charge in [-0.1, -0.05) is 48.5 Å². The average molecular weight is 576 g/mol. The van der Waals surface area contributed by atoms with Crippen molar-refractivity contribution in [2.75, 3.05) is 26.3 Å². The molecule has 3 rings (SSSR count). The fraction of sp³-hybridized carbons (Fsp3) is 0.308. The van der Waals surface area contributed by atoms with Gasteiger partial charge in [-0.25, -0.2) is 9.98 Å². The second-order valence-electron chi connectivity index (χ2n) is 7.35. The first kappa shape index (κ1) is 27.4. The number of aromatic nitrogens is 1. The van der Waals surface area contributed by atoms with Crippen LogP contribution in [0.4, 0.5) is 0 Å². The fourth-order valence-electron chi connectivity index (χ4n) is 3.23. The van der Waals surface area contributed by atoms with Crippen LogP contribution in [0.5, 0.6) is 17.4 Å². The average Bonchev–Trinajstić information content (AvgIpc) is 2.86. The monoisotopic (exact) mass is 576 g/mol. The number of aliphatic hydroxyl groups is 1. The van der Waals surface area contributed by atoms with Crippen molar-refractivity contribution in [2.45, 2.75) is 26.3 Å². The van der Waals surface area contributed by atoms with Crippen molar-refractivity contribution in [2.24, 2.45) is 4.99 Å². The van der Waals surface area contributed by atoms with Gasteiger partial charge >= 0.3 is 0 Å². The number of aliphatic imine (C=N–C) groups is 1. The summed E-state index contributed by atoms with van der Waals surface area (Å²) in [5.41, 5.74) is 2.05. The van der Waals surface area contributed by atoms with Crippen LogP contribution in [0.15, 0.2) is 77.9 Å². The summed E-state index contributed by atoms with van der Waals surface area (Å²) in [6.45, 7) is 6.37. The van der Waals surface area contributed by atoms with Gasteiger partial charge in [0.25, 0.3) is 0 Å². The number of hydrogen-bond acceptors (Lipinski definition) is 5. The van der Waals surface area contributed by atoms with E-state index in [1.54, 1.807) is 6.20 Å². The molecule has 0 saturated heterocycles. The molecule has 3 N–H and O–H groups in total. The van der Waals surface area contributed by atoms with E-state index < -0.39 is 0 Å². The first-order chi connectivity index (χ1) is 16.2. The molecular weight excluding hydrogens is 543 g/mol. The third-order valence-electron chi connectivity index (χ3n) is 4.93. The molecule has 1 heterocycles. The van der Waals surface area contributed by atoms with Gasteiger partial charge < -0.3 is 25.2 Å². The number of benzene rings is 2. The molecule has 0 radical (unpaired) electrons. The normalized spacial score (nSPS) is 11.8. The van der Waals surface area contributed by atoms with Crippen molar-refractivity contribution in [3.05, 3.63) is 84.1 Å². The Kier molecular flexibility index (Phi) is 12.2. The van der Waals surface area contributed by atoms with Crippen LogP contribution in [0.2, 0.25) is 0 Å². The highest BCUT2D eigenvalue weighted by Crippen LogP contribution is 2.30. The van der Waals surface area contributed by atoms with E-state index in [9.17, 15) is 5.11 Å². The molecule has 3 aromatic rings. The zero-order chi connectivity index (χ0) is 23.3. The van der Waals surface area contributed by atoms with Crippen LogP contribution in [0.25, 0.3) is 0 Å². The summed E-state index contributed by atoms with van der Waals surface area (Å²) in [6.07, 6.45) is 1.76. The predicted octanol–water partition coefficient (Wildman–Crippen LogP) is 4.72. The number of nitrogens with zero attached hydrogens (tertiary/aromatic N) is 2. The Morgan fingerprint density at radius 3 is 2.35 bits per heavy atom. The maximum absolute atomic E-state index is 9.78. The Labute approximate surface area is 218 Å². The van der Waals surface area contributed by atoms with Crippen LogP contribution in [-0.4, -0.2) is 42.4 Å². The summed E-state index contributed by atoms with van der Waals surface area (Å²) in [6, 6.07) is 21.3. The summed E-state index contributed by atoms with van der Waals surface area (Å²) in [4.78, 5) is 9.05. The van der Waals surface area contributed by atoms with Crippen molar-refractivity contribution >= 4 is 29.9 Å². The third-order valence-corrected chi connectivity index (χ3v) is 4.93. The maximum Gasteiger partial charge on any atom is 0.219 e. The lowest BCUT2D eigenvalue weighted by molar-refractivity contribution is 0.265. The van der Waals surface area contributed by atoms with E-state index in [1.165, 1.54) is 0 Å². The SMILES string of the molecule is CCNC(=NCc1ccc(Oc2ccccc2OCC)nc1)NCC(CO)c1ccccc1.I. The summed E-state index contributed by atoms with van der Waals surface area (Å²) in [5.74, 6) is 2.50. The number of ether oxygens (including phenoxy) is 2. The van der Waals surface area contributed by atoms with Crippen LogP contribution >= 0.6 is 24.0 Å². The highest BCUT2D eigenvalue weighted by atomic mass is 127. The first-order valence-electron chi connectivity index (χ1n) is 11.3. The number of pyridine rings is 1. The van der Waals surface area contributed by atoms with Gasteiger partial charge in [-0.05, 0) is 37.1 Å². The van der Waals surface area contributed by atoms with Crippen molar-refractivity contribution < 1.29 is 14.6 Å². The first-order valence-corrected chi connectivity index (χ1v) is 11.3. The van der Waals surface area contributed by atoms with Crippen LogP contribution in [0.3, 0.4) is 0 Å². The number of hydrogen-bond donors (Lipinski definition) is 3. The molecule has 0 spiro atoms. The summed E-state index contributed by atoms with van der Waals surface area (Å²) in [7, 11) is 0. The molecule has 1 aromatic heterocycles. The molecule has 0 aliphatic heterocycles. The minimum Gasteiger partial charge on any atom is -0.490 e. The highest BCUT2D eigenvalue weighted by Gasteiger charge is 2.11. The van der Waals surface area contributed by atoms with E-state index in [0.29, 0.717) is 43.0 Å². The molecule has 34 heavy (non-hydrogen) atoms. The lowest BCUT2D eigenvalue weighted by atomic mass is 10.0. The number of halogens is 1. The predicted molar refractivity (Wildman–Crippen MR) is 146 cm³/mol. The summed E-state index contributed by atoms with van der Waals surface area (Å²) in [5, 5.41) is 16.3. The molecular formula is C26H33IN4O3. The van der Waals surface area contributed by atoms with Gasteiger partial charge in [0, 0.05) is 31.3 Å². The Hall–Kier alpha value is -2.85. The van der Waals surface area contributed by atoms with Crippen molar-refractivity contribution in [3.63, 3.8) is 0 Å². The number of rotatable bonds is 11. The van der Waals surface area contributed by atoms with E-state index >= 15 is 0 Å². The van der Waals surface area contributed by atoms with Gasteiger partial charge in [0.2, 0.25) is 5.88 Å². The Morgan fingerprint density at radius 1 is 0.971 bits per heavy atom. The molecule has 0 aliphatic carbocycles. The van der Waals surface area contributed by atoms with Gasteiger partial charge in [-0.3, -0.25) is 0 Å². The van der Waals surface area contributed by atoms with Crippen molar-refractivity contribution in [3.8, 4) is 17.4 Å². The van der Waals surface area contributed by atoms with Gasteiger partial charge in [0.15, 0.2) is 17.5 Å². The smallest absolute Gasteiger partial charge is 0.219 e. The van der Waals surface area contributed by atoms with Gasteiger partial charge in [0.05, 0.1) is 19.8 Å². The van der Waals surface area contributed by atoms with E-state index in [2.05, 4.69) is 20.6 Å². The van der Waals surface area contributed by atoms with Gasteiger partial charge in [0.1, 0.15) is 0 Å². The molecule has 1 unspecified atom stereocenters. The van der Waals surface area contributed by atoms with Crippen LogP contribution in [-0.2, 0) is 6.54 Å². The third kappa shape index (κ3) is 8.49. The Bertz CT molecular complexity index is 1000. The summed E-state index contributed by atoms with van der Waals surface area (Å²) < 4.78 is 11.5. The second-order valence-corrected chi connectivity index (χ2v) is 7.35. The zero-order valence-electron chi connectivity index (χ0n) is 19.6. The quantitative estimate of drug-likeness (QED) is 0.174. The molecule has 0 amide bonds. The van der Waals surface area contributed by atoms with Crippen LogP contribution < -0.4 is 20.1 Å². The van der Waals surface area contributed by atoms with E-state index in [0.717, 1.165) is 17.7 Å². The standard InChI is InChI=1S/C26H32N4O3.HI/c1-3-27-26(30-18-22(19-31)21-10-6-5-7-11-21)29-17-20-14-15-25(28-16-20)33-24-13-9-8-12-23(24)32-4-2;/h5-16,22,31H,3-4,17-19H2,1-2H3,(H2,27,29,30);1H. The minimum atomic E-state index is -0.00674. The lowest BCUT2D eigenvalue weighted by Gasteiger charge is -2.18. The minimum absolute atomic E-state index is 0. The largest absolute Gasteiger partial charge is 0.490 e. The molecule has 2 aromatic carbocycles. The molecule has 0 saturated carbocycles. The summed E-state index contributed by atoms with van der Waals surface area (Å²) >= 11 is 0.